The van der Waals surface area contributed by atoms with Crippen molar-refractivity contribution in [3.63, 3.8) is 0 Å². The van der Waals surface area contributed by atoms with E-state index in [0.29, 0.717) is 10.6 Å². The Bertz CT molecular complexity index is 1010. The Morgan fingerprint density at radius 3 is 2.40 bits per heavy atom. The number of hydrogen-bond acceptors (Lipinski definition) is 5. The Labute approximate surface area is 180 Å². The summed E-state index contributed by atoms with van der Waals surface area (Å²) in [4.78, 5) is 28.3. The normalized spacial score (nSPS) is 11.6. The second kappa shape index (κ2) is 9.54. The highest BCUT2D eigenvalue weighted by atomic mass is 32.1. The Morgan fingerprint density at radius 1 is 1.13 bits per heavy atom. The van der Waals surface area contributed by atoms with E-state index in [1.54, 1.807) is 13.0 Å². The predicted molar refractivity (Wildman–Crippen MR) is 120 cm³/mol. The number of hydrogen-bond donors (Lipinski definition) is 1. The number of pyridine rings is 1. The molecule has 0 aliphatic carbocycles. The lowest BCUT2D eigenvalue weighted by atomic mass is 10.1. The van der Waals surface area contributed by atoms with Gasteiger partial charge < -0.3 is 15.0 Å². The number of aromatic nitrogens is 1. The lowest BCUT2D eigenvalue weighted by molar-refractivity contribution is -0.705. The van der Waals surface area contributed by atoms with Gasteiger partial charge in [-0.15, -0.1) is 11.3 Å². The van der Waals surface area contributed by atoms with Gasteiger partial charge in [0.2, 0.25) is 6.04 Å². The van der Waals surface area contributed by atoms with Gasteiger partial charge in [0, 0.05) is 43.7 Å². The number of benzene rings is 1. The lowest BCUT2D eigenvalue weighted by Gasteiger charge is -2.12. The quantitative estimate of drug-likeness (QED) is 0.457. The fourth-order valence-corrected chi connectivity index (χ4v) is 3.98. The summed E-state index contributed by atoms with van der Waals surface area (Å²) >= 11 is 1.37. The maximum Gasteiger partial charge on any atom is 0.341 e. The third kappa shape index (κ3) is 4.86. The van der Waals surface area contributed by atoms with Crippen LogP contribution in [0.15, 0.2) is 60.9 Å². The third-order valence-corrected chi connectivity index (χ3v) is 5.80. The number of nitrogens with one attached hydrogen (secondary N) is 1. The average molecular weight is 425 g/mol. The monoisotopic (exact) mass is 424 g/mol. The molecule has 2 heterocycles. The summed E-state index contributed by atoms with van der Waals surface area (Å²) in [6.45, 7) is 3.85. The maximum atomic E-state index is 12.9. The molecule has 1 aromatic carbocycles. The van der Waals surface area contributed by atoms with Gasteiger partial charge in [0.05, 0.1) is 12.2 Å². The zero-order chi connectivity index (χ0) is 21.7. The first-order valence-electron chi connectivity index (χ1n) is 9.76. The minimum atomic E-state index is -0.446. The second-order valence-corrected chi connectivity index (χ2v) is 8.06. The molecule has 0 aliphatic heterocycles. The van der Waals surface area contributed by atoms with Crippen molar-refractivity contribution < 1.29 is 18.9 Å². The predicted octanol–water partition coefficient (Wildman–Crippen LogP) is 4.15. The van der Waals surface area contributed by atoms with Gasteiger partial charge in [0.1, 0.15) is 5.00 Å². The Hall–Kier alpha value is -3.19. The topological polar surface area (TPSA) is 62.5 Å². The number of anilines is 2. The molecule has 0 aliphatic rings. The molecule has 0 spiro atoms. The van der Waals surface area contributed by atoms with Crippen LogP contribution in [0.3, 0.4) is 0 Å². The van der Waals surface area contributed by atoms with Crippen molar-refractivity contribution in [2.75, 3.05) is 30.9 Å². The van der Waals surface area contributed by atoms with Crippen LogP contribution in [0, 0.1) is 0 Å². The fraction of sp³-hybridized carbons (Fsp3) is 0.261. The average Bonchev–Trinajstić information content (AvgIpc) is 3.18. The minimum absolute atomic E-state index is 0.204. The van der Waals surface area contributed by atoms with Gasteiger partial charge in [0.15, 0.2) is 12.4 Å². The Morgan fingerprint density at radius 2 is 1.80 bits per heavy atom. The molecule has 0 saturated carbocycles. The Kier molecular flexibility index (Phi) is 6.84. The molecule has 7 heteroatoms. The SMILES string of the molecule is CCOC(=O)c1cc(-c2ccccc2)sc1NC(=O)[C@H](C)[n+]1ccc(N(C)C)cc1. The minimum Gasteiger partial charge on any atom is -0.462 e. The number of esters is 1. The van der Waals surface area contributed by atoms with Gasteiger partial charge in [0.25, 0.3) is 5.91 Å². The van der Waals surface area contributed by atoms with Crippen LogP contribution in [0.25, 0.3) is 10.4 Å². The molecular formula is C23H26N3O3S+. The maximum absolute atomic E-state index is 12.9. The highest BCUT2D eigenvalue weighted by Crippen LogP contribution is 2.36. The zero-order valence-corrected chi connectivity index (χ0v) is 18.4. The van der Waals surface area contributed by atoms with Crippen LogP contribution < -0.4 is 14.8 Å². The highest BCUT2D eigenvalue weighted by molar-refractivity contribution is 7.20. The summed E-state index contributed by atoms with van der Waals surface area (Å²) in [5, 5.41) is 3.42. The summed E-state index contributed by atoms with van der Waals surface area (Å²) in [6.07, 6.45) is 3.74. The van der Waals surface area contributed by atoms with E-state index in [-0.39, 0.29) is 12.5 Å². The van der Waals surface area contributed by atoms with Crippen molar-refractivity contribution in [1.29, 1.82) is 0 Å². The number of rotatable bonds is 7. The van der Waals surface area contributed by atoms with E-state index in [2.05, 4.69) is 5.32 Å². The van der Waals surface area contributed by atoms with Crippen molar-refractivity contribution in [2.45, 2.75) is 19.9 Å². The van der Waals surface area contributed by atoms with E-state index >= 15 is 0 Å². The molecule has 3 rings (SSSR count). The van der Waals surface area contributed by atoms with Gasteiger partial charge in [-0.3, -0.25) is 4.79 Å². The molecule has 156 valence electrons. The first kappa shape index (κ1) is 21.5. The van der Waals surface area contributed by atoms with E-state index in [1.807, 2.05) is 85.3 Å². The van der Waals surface area contributed by atoms with Gasteiger partial charge in [-0.05, 0) is 18.6 Å². The molecule has 0 unspecified atom stereocenters. The first-order valence-corrected chi connectivity index (χ1v) is 10.6. The van der Waals surface area contributed by atoms with Gasteiger partial charge in [-0.25, -0.2) is 4.79 Å². The number of thiophene rings is 1. The molecule has 1 N–H and O–H groups in total. The summed E-state index contributed by atoms with van der Waals surface area (Å²) in [6, 6.07) is 15.0. The van der Waals surface area contributed by atoms with E-state index in [9.17, 15) is 9.59 Å². The summed E-state index contributed by atoms with van der Waals surface area (Å²) < 4.78 is 7.02. The summed E-state index contributed by atoms with van der Waals surface area (Å²) in [5.74, 6) is -0.647. The standard InChI is InChI=1S/C23H25N3O3S/c1-5-29-23(28)19-15-20(17-9-7-6-8-10-17)30-22(19)24-21(27)16(2)26-13-11-18(12-14-26)25(3)4/h6-16H,5H2,1-4H3/p+1/t16-/m0/s1. The number of ether oxygens (including phenoxy) is 1. The van der Waals surface area contributed by atoms with E-state index in [0.717, 1.165) is 16.1 Å². The van der Waals surface area contributed by atoms with Gasteiger partial charge in [-0.1, -0.05) is 30.3 Å². The van der Waals surface area contributed by atoms with E-state index in [4.69, 9.17) is 4.74 Å². The lowest BCUT2D eigenvalue weighted by Crippen LogP contribution is -2.44. The van der Waals surface area contributed by atoms with Crippen LogP contribution in [-0.4, -0.2) is 32.6 Å². The molecular weight excluding hydrogens is 398 g/mol. The van der Waals surface area contributed by atoms with Crippen molar-refractivity contribution in [2.24, 2.45) is 0 Å². The molecule has 0 saturated heterocycles. The van der Waals surface area contributed by atoms with Crippen molar-refractivity contribution in [3.8, 4) is 10.4 Å². The van der Waals surface area contributed by atoms with Crippen LogP contribution in [0.4, 0.5) is 10.7 Å². The largest absolute Gasteiger partial charge is 0.462 e. The molecule has 0 radical (unpaired) electrons. The second-order valence-electron chi connectivity index (χ2n) is 7.00. The number of amides is 1. The Balaban J connectivity index is 1.85. The summed E-state index contributed by atoms with van der Waals surface area (Å²) in [5.41, 5.74) is 2.40. The molecule has 0 fully saturated rings. The van der Waals surface area contributed by atoms with Crippen molar-refractivity contribution in [3.05, 3.63) is 66.5 Å². The van der Waals surface area contributed by atoms with Crippen LogP contribution >= 0.6 is 11.3 Å². The molecule has 1 amide bonds. The first-order chi connectivity index (χ1) is 14.4. The number of carbonyl (C=O) groups excluding carboxylic acids is 2. The van der Waals surface area contributed by atoms with Crippen LogP contribution in [0.5, 0.6) is 0 Å². The third-order valence-electron chi connectivity index (χ3n) is 4.70. The molecule has 3 aromatic rings. The molecule has 6 nitrogen and oxygen atoms in total. The fourth-order valence-electron chi connectivity index (χ4n) is 2.93. The molecule has 1 atom stereocenters. The number of carbonyl (C=O) groups is 2. The van der Waals surface area contributed by atoms with Gasteiger partial charge in [-0.2, -0.15) is 4.57 Å². The van der Waals surface area contributed by atoms with Gasteiger partial charge >= 0.3 is 5.97 Å². The van der Waals surface area contributed by atoms with Crippen LogP contribution in [-0.2, 0) is 9.53 Å². The molecule has 2 aromatic heterocycles. The van der Waals surface area contributed by atoms with Crippen LogP contribution in [0.2, 0.25) is 0 Å². The zero-order valence-electron chi connectivity index (χ0n) is 17.6. The number of nitrogens with zero attached hydrogens (tertiary/aromatic N) is 2. The molecule has 0 bridgehead atoms. The van der Waals surface area contributed by atoms with E-state index < -0.39 is 12.0 Å². The van der Waals surface area contributed by atoms with Crippen molar-refractivity contribution >= 4 is 33.9 Å². The molecule has 30 heavy (non-hydrogen) atoms. The van der Waals surface area contributed by atoms with Crippen molar-refractivity contribution in [1.82, 2.24) is 0 Å². The van der Waals surface area contributed by atoms with E-state index in [1.165, 1.54) is 11.3 Å². The highest BCUT2D eigenvalue weighted by Gasteiger charge is 2.26. The summed E-state index contributed by atoms with van der Waals surface area (Å²) in [7, 11) is 3.93. The smallest absolute Gasteiger partial charge is 0.341 e. The van der Waals surface area contributed by atoms with Crippen LogP contribution in [0.1, 0.15) is 30.2 Å².